The van der Waals surface area contributed by atoms with Gasteiger partial charge in [0.15, 0.2) is 0 Å². The number of rotatable bonds is 5. The quantitative estimate of drug-likeness (QED) is 0.751. The fourth-order valence-electron chi connectivity index (χ4n) is 2.99. The van der Waals surface area contributed by atoms with Gasteiger partial charge in [0, 0.05) is 48.1 Å². The summed E-state index contributed by atoms with van der Waals surface area (Å²) in [5.74, 6) is 0. The van der Waals surface area contributed by atoms with Crippen LogP contribution >= 0.6 is 0 Å². The van der Waals surface area contributed by atoms with E-state index in [0.29, 0.717) is 6.04 Å². The van der Waals surface area contributed by atoms with Crippen LogP contribution in [-0.4, -0.2) is 20.6 Å². The van der Waals surface area contributed by atoms with Crippen molar-refractivity contribution in [2.75, 3.05) is 0 Å². The molecule has 3 aromatic rings. The van der Waals surface area contributed by atoms with Crippen LogP contribution in [0.15, 0.2) is 43.0 Å². The van der Waals surface area contributed by atoms with Crippen LogP contribution in [0.5, 0.6) is 0 Å². The Morgan fingerprint density at radius 1 is 1.26 bits per heavy atom. The van der Waals surface area contributed by atoms with E-state index in [0.717, 1.165) is 13.1 Å². The van der Waals surface area contributed by atoms with Crippen molar-refractivity contribution in [1.82, 2.24) is 19.9 Å². The summed E-state index contributed by atoms with van der Waals surface area (Å²) >= 11 is 0. The van der Waals surface area contributed by atoms with Crippen molar-refractivity contribution in [3.63, 3.8) is 0 Å². The number of aromatic nitrogens is 3. The number of fused-ring (bicyclic) bond motifs is 1. The van der Waals surface area contributed by atoms with E-state index in [1.54, 1.807) is 0 Å². The van der Waals surface area contributed by atoms with E-state index in [1.165, 1.54) is 22.2 Å². The molecule has 0 amide bonds. The molecule has 0 aliphatic carbocycles. The Hall–Kier alpha value is -2.07. The fraction of sp³-hybridized carbons (Fsp3) is 0.421. The van der Waals surface area contributed by atoms with Crippen molar-refractivity contribution in [1.29, 1.82) is 0 Å². The molecule has 122 valence electrons. The summed E-state index contributed by atoms with van der Waals surface area (Å²) in [4.78, 5) is 7.70. The van der Waals surface area contributed by atoms with Gasteiger partial charge in [-0.1, -0.05) is 39.0 Å². The standard InChI is InChI=1S/C19H26N4/c1-14-15-7-5-6-8-16(15)22-17(14)11-21-18(19(2,3)4)12-23-10-9-20-13-23/h5-10,13,18,21-22H,11-12H2,1-4H3. The zero-order chi connectivity index (χ0) is 16.4. The topological polar surface area (TPSA) is 45.6 Å². The summed E-state index contributed by atoms with van der Waals surface area (Å²) in [5.41, 5.74) is 3.99. The first-order valence-electron chi connectivity index (χ1n) is 8.20. The number of aryl methyl sites for hydroxylation is 1. The monoisotopic (exact) mass is 310 g/mol. The van der Waals surface area contributed by atoms with E-state index in [4.69, 9.17) is 0 Å². The van der Waals surface area contributed by atoms with Crippen LogP contribution in [0.1, 0.15) is 32.0 Å². The van der Waals surface area contributed by atoms with Gasteiger partial charge in [0.25, 0.3) is 0 Å². The molecule has 0 bridgehead atoms. The predicted molar refractivity (Wildman–Crippen MR) is 95.3 cm³/mol. The van der Waals surface area contributed by atoms with E-state index in [9.17, 15) is 0 Å². The maximum absolute atomic E-state index is 4.15. The molecule has 0 aliphatic heterocycles. The molecule has 0 spiro atoms. The average molecular weight is 310 g/mol. The number of hydrogen-bond donors (Lipinski definition) is 2. The fourth-order valence-corrected chi connectivity index (χ4v) is 2.99. The molecule has 2 aromatic heterocycles. The van der Waals surface area contributed by atoms with Gasteiger partial charge in [-0.05, 0) is 24.0 Å². The second kappa shape index (κ2) is 6.20. The Balaban J connectivity index is 1.76. The molecule has 0 radical (unpaired) electrons. The molecule has 0 saturated carbocycles. The van der Waals surface area contributed by atoms with Gasteiger partial charge in [-0.25, -0.2) is 4.98 Å². The Morgan fingerprint density at radius 2 is 2.04 bits per heavy atom. The van der Waals surface area contributed by atoms with Gasteiger partial charge < -0.3 is 14.9 Å². The van der Waals surface area contributed by atoms with Gasteiger partial charge in [0.1, 0.15) is 0 Å². The molecule has 2 N–H and O–H groups in total. The highest BCUT2D eigenvalue weighted by atomic mass is 15.1. The maximum Gasteiger partial charge on any atom is 0.0946 e. The molecule has 2 heterocycles. The van der Waals surface area contributed by atoms with E-state index in [1.807, 2.05) is 18.7 Å². The Morgan fingerprint density at radius 3 is 2.70 bits per heavy atom. The molecule has 0 fully saturated rings. The van der Waals surface area contributed by atoms with Gasteiger partial charge >= 0.3 is 0 Å². The van der Waals surface area contributed by atoms with Crippen LogP contribution in [0, 0.1) is 12.3 Å². The highest BCUT2D eigenvalue weighted by molar-refractivity contribution is 5.84. The first-order valence-corrected chi connectivity index (χ1v) is 8.20. The molecular formula is C19H26N4. The van der Waals surface area contributed by atoms with Gasteiger partial charge in [-0.3, -0.25) is 0 Å². The zero-order valence-electron chi connectivity index (χ0n) is 14.4. The molecule has 4 nitrogen and oxygen atoms in total. The lowest BCUT2D eigenvalue weighted by Crippen LogP contribution is -2.43. The molecule has 1 unspecified atom stereocenters. The third-order valence-corrected chi connectivity index (χ3v) is 4.59. The molecule has 3 rings (SSSR count). The van der Waals surface area contributed by atoms with Crippen molar-refractivity contribution in [2.45, 2.75) is 46.8 Å². The Bertz CT molecular complexity index is 762. The van der Waals surface area contributed by atoms with E-state index >= 15 is 0 Å². The van der Waals surface area contributed by atoms with Crippen LogP contribution in [0.4, 0.5) is 0 Å². The third kappa shape index (κ3) is 3.48. The summed E-state index contributed by atoms with van der Waals surface area (Å²) in [6, 6.07) is 8.85. The van der Waals surface area contributed by atoms with Crippen LogP contribution < -0.4 is 5.32 Å². The average Bonchev–Trinajstić information content (AvgIpc) is 3.11. The zero-order valence-corrected chi connectivity index (χ0v) is 14.4. The predicted octanol–water partition coefficient (Wildman–Crippen LogP) is 3.88. The number of nitrogens with one attached hydrogen (secondary N) is 2. The molecular weight excluding hydrogens is 284 g/mol. The molecule has 0 aliphatic rings. The van der Waals surface area contributed by atoms with Crippen molar-refractivity contribution < 1.29 is 0 Å². The van der Waals surface area contributed by atoms with Gasteiger partial charge in [0.2, 0.25) is 0 Å². The van der Waals surface area contributed by atoms with Crippen LogP contribution in [0.2, 0.25) is 0 Å². The largest absolute Gasteiger partial charge is 0.357 e. The highest BCUT2D eigenvalue weighted by Crippen LogP contribution is 2.24. The first-order chi connectivity index (χ1) is 10.9. The SMILES string of the molecule is Cc1c(CNC(Cn2ccnc2)C(C)(C)C)[nH]c2ccccc12. The van der Waals surface area contributed by atoms with Crippen molar-refractivity contribution in [3.05, 3.63) is 54.2 Å². The van der Waals surface area contributed by atoms with Crippen LogP contribution in [0.25, 0.3) is 10.9 Å². The van der Waals surface area contributed by atoms with E-state index in [2.05, 4.69) is 71.8 Å². The smallest absolute Gasteiger partial charge is 0.0946 e. The lowest BCUT2D eigenvalue weighted by atomic mass is 9.86. The summed E-state index contributed by atoms with van der Waals surface area (Å²) in [7, 11) is 0. The highest BCUT2D eigenvalue weighted by Gasteiger charge is 2.24. The van der Waals surface area contributed by atoms with Crippen LogP contribution in [0.3, 0.4) is 0 Å². The molecule has 0 saturated heterocycles. The minimum Gasteiger partial charge on any atom is -0.357 e. The maximum atomic E-state index is 4.15. The summed E-state index contributed by atoms with van der Waals surface area (Å²) in [6.07, 6.45) is 5.74. The number of imidazole rings is 1. The van der Waals surface area contributed by atoms with Crippen molar-refractivity contribution >= 4 is 10.9 Å². The number of hydrogen-bond acceptors (Lipinski definition) is 2. The minimum absolute atomic E-state index is 0.171. The first kappa shape index (κ1) is 15.8. The summed E-state index contributed by atoms with van der Waals surface area (Å²) < 4.78 is 2.14. The van der Waals surface area contributed by atoms with Gasteiger partial charge in [-0.2, -0.15) is 0 Å². The number of H-pyrrole nitrogens is 1. The second-order valence-electron chi connectivity index (χ2n) is 7.33. The number of para-hydroxylation sites is 1. The van der Waals surface area contributed by atoms with E-state index < -0.39 is 0 Å². The lowest BCUT2D eigenvalue weighted by molar-refractivity contribution is 0.239. The second-order valence-corrected chi connectivity index (χ2v) is 7.33. The normalized spacial score (nSPS) is 13.6. The van der Waals surface area contributed by atoms with Crippen molar-refractivity contribution in [3.8, 4) is 0 Å². The van der Waals surface area contributed by atoms with Gasteiger partial charge in [-0.15, -0.1) is 0 Å². The molecule has 23 heavy (non-hydrogen) atoms. The van der Waals surface area contributed by atoms with E-state index in [-0.39, 0.29) is 5.41 Å². The minimum atomic E-state index is 0.171. The number of benzene rings is 1. The molecule has 4 heteroatoms. The van der Waals surface area contributed by atoms with Crippen molar-refractivity contribution in [2.24, 2.45) is 5.41 Å². The number of aromatic amines is 1. The third-order valence-electron chi connectivity index (χ3n) is 4.59. The van der Waals surface area contributed by atoms with Gasteiger partial charge in [0.05, 0.1) is 6.33 Å². The summed E-state index contributed by atoms with van der Waals surface area (Å²) in [6.45, 7) is 10.8. The Labute approximate surface area is 137 Å². The molecule has 1 aromatic carbocycles. The Kier molecular flexibility index (Phi) is 4.26. The lowest BCUT2D eigenvalue weighted by Gasteiger charge is -2.32. The van der Waals surface area contributed by atoms with Crippen LogP contribution in [-0.2, 0) is 13.1 Å². The molecule has 1 atom stereocenters. The number of nitrogens with zero attached hydrogens (tertiary/aromatic N) is 2. The summed E-state index contributed by atoms with van der Waals surface area (Å²) in [5, 5.41) is 5.05.